The number of fused-ring (bicyclic) bond motifs is 1. The number of benzene rings is 1. The van der Waals surface area contributed by atoms with Crippen LogP contribution in [0.15, 0.2) is 34.9 Å². The fourth-order valence-electron chi connectivity index (χ4n) is 2.42. The maximum Gasteiger partial charge on any atom is 0.235 e. The number of nitrogens with zero attached hydrogens (tertiary/aromatic N) is 5. The lowest BCUT2D eigenvalue weighted by atomic mass is 10.2. The summed E-state index contributed by atoms with van der Waals surface area (Å²) in [5.74, 6) is 1.52. The second kappa shape index (κ2) is 5.03. The molecular formula is C15H13N5OS. The average Bonchev–Trinajstić information content (AvgIpc) is 3.21. The predicted molar refractivity (Wildman–Crippen MR) is 83.7 cm³/mol. The monoisotopic (exact) mass is 311 g/mol. The summed E-state index contributed by atoms with van der Waals surface area (Å²) >= 11 is 1.49. The molecule has 0 bridgehead atoms. The van der Waals surface area contributed by atoms with E-state index in [9.17, 15) is 0 Å². The van der Waals surface area contributed by atoms with E-state index in [0.717, 1.165) is 44.8 Å². The number of aromatic nitrogens is 5. The molecule has 0 aliphatic heterocycles. The third-order valence-corrected chi connectivity index (χ3v) is 4.42. The zero-order chi connectivity index (χ0) is 15.1. The van der Waals surface area contributed by atoms with Crippen molar-refractivity contribution in [3.63, 3.8) is 0 Å². The summed E-state index contributed by atoms with van der Waals surface area (Å²) in [5, 5.41) is 18.1. The molecule has 0 radical (unpaired) electrons. The van der Waals surface area contributed by atoms with E-state index in [4.69, 9.17) is 4.52 Å². The highest BCUT2D eigenvalue weighted by atomic mass is 32.1. The molecule has 0 aliphatic carbocycles. The first-order valence-corrected chi connectivity index (χ1v) is 7.82. The predicted octanol–water partition coefficient (Wildman–Crippen LogP) is 3.38. The van der Waals surface area contributed by atoms with Gasteiger partial charge in [0, 0.05) is 5.56 Å². The smallest absolute Gasteiger partial charge is 0.235 e. The van der Waals surface area contributed by atoms with Gasteiger partial charge >= 0.3 is 0 Å². The van der Waals surface area contributed by atoms with Gasteiger partial charge in [-0.3, -0.25) is 0 Å². The first kappa shape index (κ1) is 13.1. The highest BCUT2D eigenvalue weighted by molar-refractivity contribution is 7.19. The quantitative estimate of drug-likeness (QED) is 0.580. The molecular weight excluding hydrogens is 298 g/mol. The second-order valence-corrected chi connectivity index (χ2v) is 5.86. The van der Waals surface area contributed by atoms with Gasteiger partial charge in [0.05, 0.1) is 11.3 Å². The van der Waals surface area contributed by atoms with Crippen LogP contribution >= 0.6 is 11.3 Å². The van der Waals surface area contributed by atoms with Crippen LogP contribution in [-0.4, -0.2) is 25.0 Å². The molecule has 0 spiro atoms. The van der Waals surface area contributed by atoms with Gasteiger partial charge in [-0.1, -0.05) is 53.7 Å². The molecule has 110 valence electrons. The van der Waals surface area contributed by atoms with E-state index >= 15 is 0 Å². The minimum atomic E-state index is 0.741. The summed E-state index contributed by atoms with van der Waals surface area (Å²) in [6.45, 7) is 3.96. The summed E-state index contributed by atoms with van der Waals surface area (Å²) in [4.78, 5) is 0.761. The van der Waals surface area contributed by atoms with Crippen LogP contribution in [0.25, 0.3) is 26.9 Å². The molecule has 4 aromatic rings. The first-order chi connectivity index (χ1) is 10.8. The van der Waals surface area contributed by atoms with Gasteiger partial charge in [-0.15, -0.1) is 10.2 Å². The SMILES string of the molecule is CCc1noc(C)c1-c1nn2c(-c3ccccc3)nnc2s1. The van der Waals surface area contributed by atoms with Crippen LogP contribution in [0.4, 0.5) is 0 Å². The summed E-state index contributed by atoms with van der Waals surface area (Å²) in [5.41, 5.74) is 2.88. The number of aryl methyl sites for hydroxylation is 2. The van der Waals surface area contributed by atoms with Gasteiger partial charge in [0.1, 0.15) is 5.76 Å². The summed E-state index contributed by atoms with van der Waals surface area (Å²) < 4.78 is 7.08. The van der Waals surface area contributed by atoms with Crippen LogP contribution in [0.5, 0.6) is 0 Å². The summed E-state index contributed by atoms with van der Waals surface area (Å²) in [7, 11) is 0. The van der Waals surface area contributed by atoms with Crippen LogP contribution in [0.3, 0.4) is 0 Å². The Kier molecular flexibility index (Phi) is 3.00. The van der Waals surface area contributed by atoms with Gasteiger partial charge in [0.15, 0.2) is 10.8 Å². The van der Waals surface area contributed by atoms with Crippen molar-refractivity contribution in [1.29, 1.82) is 0 Å². The van der Waals surface area contributed by atoms with E-state index in [0.29, 0.717) is 0 Å². The molecule has 0 N–H and O–H groups in total. The van der Waals surface area contributed by atoms with Crippen molar-refractivity contribution < 1.29 is 4.52 Å². The molecule has 0 fully saturated rings. The maximum atomic E-state index is 5.30. The fraction of sp³-hybridized carbons (Fsp3) is 0.200. The maximum absolute atomic E-state index is 5.30. The first-order valence-electron chi connectivity index (χ1n) is 7.01. The van der Waals surface area contributed by atoms with E-state index < -0.39 is 0 Å². The van der Waals surface area contributed by atoms with E-state index in [2.05, 4.69) is 27.4 Å². The highest BCUT2D eigenvalue weighted by Gasteiger charge is 2.20. The van der Waals surface area contributed by atoms with E-state index in [1.54, 1.807) is 4.52 Å². The lowest BCUT2D eigenvalue weighted by Gasteiger charge is -1.96. The summed E-state index contributed by atoms with van der Waals surface area (Å²) in [6, 6.07) is 9.92. The van der Waals surface area contributed by atoms with E-state index in [1.165, 1.54) is 11.3 Å². The third-order valence-electron chi connectivity index (χ3n) is 3.51. The number of rotatable bonds is 3. The zero-order valence-corrected chi connectivity index (χ0v) is 13.0. The molecule has 3 heterocycles. The van der Waals surface area contributed by atoms with Crippen molar-refractivity contribution in [1.82, 2.24) is 25.0 Å². The standard InChI is InChI=1S/C15H13N5OS/c1-3-11-12(9(2)21-19-11)14-18-20-13(16-17-15(20)22-14)10-7-5-4-6-8-10/h4-8H,3H2,1-2H3. The number of hydrogen-bond donors (Lipinski definition) is 0. The minimum absolute atomic E-state index is 0.741. The Bertz CT molecular complexity index is 938. The lowest BCUT2D eigenvalue weighted by molar-refractivity contribution is 0.391. The van der Waals surface area contributed by atoms with E-state index in [1.807, 2.05) is 37.3 Å². The molecule has 3 aromatic heterocycles. The Morgan fingerprint density at radius 1 is 1.18 bits per heavy atom. The molecule has 0 atom stereocenters. The topological polar surface area (TPSA) is 69.1 Å². The van der Waals surface area contributed by atoms with Gasteiger partial charge < -0.3 is 4.52 Å². The zero-order valence-electron chi connectivity index (χ0n) is 12.1. The molecule has 22 heavy (non-hydrogen) atoms. The minimum Gasteiger partial charge on any atom is -0.361 e. The molecule has 7 heteroatoms. The molecule has 0 unspecified atom stereocenters. The molecule has 0 aliphatic rings. The second-order valence-electron chi connectivity index (χ2n) is 4.91. The van der Waals surface area contributed by atoms with Gasteiger partial charge in [-0.2, -0.15) is 9.61 Å². The normalized spacial score (nSPS) is 11.4. The van der Waals surface area contributed by atoms with Crippen LogP contribution in [0, 0.1) is 6.92 Å². The van der Waals surface area contributed by atoms with Crippen LogP contribution in [0.1, 0.15) is 18.4 Å². The van der Waals surface area contributed by atoms with Crippen molar-refractivity contribution in [2.75, 3.05) is 0 Å². The lowest BCUT2D eigenvalue weighted by Crippen LogP contribution is -1.92. The Morgan fingerprint density at radius 2 is 2.00 bits per heavy atom. The molecule has 6 nitrogen and oxygen atoms in total. The van der Waals surface area contributed by atoms with Crippen molar-refractivity contribution in [2.45, 2.75) is 20.3 Å². The molecule has 4 rings (SSSR count). The van der Waals surface area contributed by atoms with Gasteiger partial charge in [-0.05, 0) is 13.3 Å². The van der Waals surface area contributed by atoms with E-state index in [-0.39, 0.29) is 0 Å². The van der Waals surface area contributed by atoms with Crippen molar-refractivity contribution in [2.24, 2.45) is 0 Å². The molecule has 0 saturated carbocycles. The van der Waals surface area contributed by atoms with Crippen molar-refractivity contribution >= 4 is 16.3 Å². The van der Waals surface area contributed by atoms with Crippen molar-refractivity contribution in [3.8, 4) is 22.0 Å². The van der Waals surface area contributed by atoms with Crippen LogP contribution < -0.4 is 0 Å². The number of hydrogen-bond acceptors (Lipinski definition) is 6. The molecule has 0 amide bonds. The largest absolute Gasteiger partial charge is 0.361 e. The molecule has 1 aromatic carbocycles. The Labute approximate surface area is 130 Å². The van der Waals surface area contributed by atoms with Gasteiger partial charge in [0.2, 0.25) is 4.96 Å². The molecule has 0 saturated heterocycles. The fourth-order valence-corrected chi connectivity index (χ4v) is 3.37. The Balaban J connectivity index is 1.89. The van der Waals surface area contributed by atoms with Gasteiger partial charge in [-0.25, -0.2) is 0 Å². The Hall–Kier alpha value is -2.54. The van der Waals surface area contributed by atoms with Crippen molar-refractivity contribution in [3.05, 3.63) is 41.8 Å². The van der Waals surface area contributed by atoms with Crippen LogP contribution in [0.2, 0.25) is 0 Å². The van der Waals surface area contributed by atoms with Gasteiger partial charge in [0.25, 0.3) is 0 Å². The highest BCUT2D eigenvalue weighted by Crippen LogP contribution is 2.32. The summed E-state index contributed by atoms with van der Waals surface area (Å²) in [6.07, 6.45) is 0.804. The third kappa shape index (κ3) is 1.93. The van der Waals surface area contributed by atoms with Crippen LogP contribution in [-0.2, 0) is 6.42 Å². The average molecular weight is 311 g/mol. The Morgan fingerprint density at radius 3 is 2.77 bits per heavy atom.